The van der Waals surface area contributed by atoms with Crippen LogP contribution < -0.4 is 5.32 Å². The van der Waals surface area contributed by atoms with Crippen molar-refractivity contribution in [2.24, 2.45) is 0 Å². The normalized spacial score (nSPS) is 11.4. The first-order valence-corrected chi connectivity index (χ1v) is 7.76. The molecule has 2 aromatic rings. The van der Waals surface area contributed by atoms with E-state index in [4.69, 9.17) is 0 Å². The van der Waals surface area contributed by atoms with Crippen molar-refractivity contribution in [2.45, 2.75) is 32.9 Å². The zero-order valence-electron chi connectivity index (χ0n) is 12.9. The Bertz CT molecular complexity index is 595. The van der Waals surface area contributed by atoms with Crippen LogP contribution in [0.3, 0.4) is 0 Å². The van der Waals surface area contributed by atoms with Crippen molar-refractivity contribution in [1.29, 1.82) is 0 Å². The molecular weight excluding hydrogens is 287 g/mol. The van der Waals surface area contributed by atoms with Crippen LogP contribution >= 0.6 is 11.3 Å². The molecule has 6 heteroatoms. The molecule has 0 radical (unpaired) electrons. The molecule has 21 heavy (non-hydrogen) atoms. The molecular formula is C15H21FN4S. The average Bonchev–Trinajstić information content (AvgIpc) is 2.88. The molecule has 0 aliphatic rings. The van der Waals surface area contributed by atoms with Gasteiger partial charge in [-0.3, -0.25) is 0 Å². The maximum atomic E-state index is 14.0. The van der Waals surface area contributed by atoms with E-state index in [1.807, 2.05) is 31.1 Å². The van der Waals surface area contributed by atoms with Gasteiger partial charge in [-0.15, -0.1) is 10.2 Å². The highest BCUT2D eigenvalue weighted by Gasteiger charge is 2.08. The number of halogens is 1. The van der Waals surface area contributed by atoms with Crippen molar-refractivity contribution in [2.75, 3.05) is 19.4 Å². The van der Waals surface area contributed by atoms with Gasteiger partial charge in [-0.2, -0.15) is 0 Å². The Morgan fingerprint density at radius 1 is 1.29 bits per heavy atom. The standard InChI is InChI=1S/C15H21FN4S/c1-10(2)14-18-19-15(21-14)17-8-11-5-6-12(9-20(3)4)13(16)7-11/h5-7,10H,8-9H2,1-4H3,(H,17,19). The molecule has 114 valence electrons. The van der Waals surface area contributed by atoms with Gasteiger partial charge in [0.2, 0.25) is 5.13 Å². The molecule has 0 aliphatic carbocycles. The van der Waals surface area contributed by atoms with Gasteiger partial charge in [0.1, 0.15) is 10.8 Å². The molecule has 0 fully saturated rings. The van der Waals surface area contributed by atoms with Crippen LogP contribution in [-0.2, 0) is 13.1 Å². The van der Waals surface area contributed by atoms with Crippen LogP contribution in [0.2, 0.25) is 0 Å². The third-order valence-corrected chi connectivity index (χ3v) is 4.16. The summed E-state index contributed by atoms with van der Waals surface area (Å²) in [5.41, 5.74) is 1.61. The summed E-state index contributed by atoms with van der Waals surface area (Å²) >= 11 is 1.54. The average molecular weight is 308 g/mol. The van der Waals surface area contributed by atoms with E-state index in [1.165, 1.54) is 0 Å². The second kappa shape index (κ2) is 6.95. The maximum absolute atomic E-state index is 14.0. The maximum Gasteiger partial charge on any atom is 0.205 e. The minimum atomic E-state index is -0.164. The van der Waals surface area contributed by atoms with Gasteiger partial charge in [-0.25, -0.2) is 4.39 Å². The summed E-state index contributed by atoms with van der Waals surface area (Å²) < 4.78 is 14.0. The second-order valence-electron chi connectivity index (χ2n) is 5.62. The minimum absolute atomic E-state index is 0.164. The number of nitrogens with zero attached hydrogens (tertiary/aromatic N) is 3. The van der Waals surface area contributed by atoms with Crippen molar-refractivity contribution in [3.05, 3.63) is 40.2 Å². The van der Waals surface area contributed by atoms with Gasteiger partial charge in [0, 0.05) is 24.6 Å². The molecule has 0 amide bonds. The molecule has 0 saturated carbocycles. The predicted octanol–water partition coefficient (Wildman–Crippen LogP) is 3.47. The Labute approximate surface area is 129 Å². The molecule has 2 rings (SSSR count). The molecule has 1 N–H and O–H groups in total. The fraction of sp³-hybridized carbons (Fsp3) is 0.467. The quantitative estimate of drug-likeness (QED) is 0.887. The van der Waals surface area contributed by atoms with Crippen LogP contribution in [0.25, 0.3) is 0 Å². The third-order valence-electron chi connectivity index (χ3n) is 2.98. The molecule has 0 bridgehead atoms. The summed E-state index contributed by atoms with van der Waals surface area (Å²) in [7, 11) is 3.85. The van der Waals surface area contributed by atoms with Crippen LogP contribution in [0.4, 0.5) is 9.52 Å². The monoisotopic (exact) mass is 308 g/mol. The first-order valence-electron chi connectivity index (χ1n) is 6.95. The van der Waals surface area contributed by atoms with Crippen LogP contribution in [-0.4, -0.2) is 29.2 Å². The van der Waals surface area contributed by atoms with E-state index in [0.29, 0.717) is 24.6 Å². The Hall–Kier alpha value is -1.53. The lowest BCUT2D eigenvalue weighted by Crippen LogP contribution is -2.12. The molecule has 0 aliphatic heterocycles. The van der Waals surface area contributed by atoms with Crippen LogP contribution in [0.5, 0.6) is 0 Å². The lowest BCUT2D eigenvalue weighted by Gasteiger charge is -2.11. The van der Waals surface area contributed by atoms with E-state index in [9.17, 15) is 4.39 Å². The Morgan fingerprint density at radius 3 is 2.62 bits per heavy atom. The number of anilines is 1. The third kappa shape index (κ3) is 4.47. The zero-order chi connectivity index (χ0) is 15.4. The van der Waals surface area contributed by atoms with Gasteiger partial charge in [0.25, 0.3) is 0 Å². The van der Waals surface area contributed by atoms with Gasteiger partial charge < -0.3 is 10.2 Å². The highest BCUT2D eigenvalue weighted by atomic mass is 32.1. The molecule has 4 nitrogen and oxygen atoms in total. The first-order chi connectivity index (χ1) is 9.95. The molecule has 0 spiro atoms. The smallest absolute Gasteiger partial charge is 0.205 e. The number of hydrogen-bond donors (Lipinski definition) is 1. The molecule has 1 aromatic heterocycles. The van der Waals surface area contributed by atoms with Gasteiger partial charge in [-0.05, 0) is 25.7 Å². The van der Waals surface area contributed by atoms with Gasteiger partial charge in [0.05, 0.1) is 0 Å². The lowest BCUT2D eigenvalue weighted by molar-refractivity contribution is 0.392. The fourth-order valence-electron chi connectivity index (χ4n) is 1.89. The Morgan fingerprint density at radius 2 is 2.05 bits per heavy atom. The summed E-state index contributed by atoms with van der Waals surface area (Å²) in [4.78, 5) is 1.95. The number of nitrogens with one attached hydrogen (secondary N) is 1. The highest BCUT2D eigenvalue weighted by molar-refractivity contribution is 7.15. The van der Waals surface area contributed by atoms with Crippen molar-refractivity contribution >= 4 is 16.5 Å². The van der Waals surface area contributed by atoms with Crippen LogP contribution in [0.15, 0.2) is 18.2 Å². The summed E-state index contributed by atoms with van der Waals surface area (Å²) in [6.07, 6.45) is 0. The topological polar surface area (TPSA) is 41.1 Å². The van der Waals surface area contributed by atoms with Gasteiger partial charge in [-0.1, -0.05) is 37.3 Å². The number of aromatic nitrogens is 2. The van der Waals surface area contributed by atoms with Crippen molar-refractivity contribution in [3.63, 3.8) is 0 Å². The summed E-state index contributed by atoms with van der Waals surface area (Å²) in [5.74, 6) is 0.212. The van der Waals surface area contributed by atoms with E-state index in [-0.39, 0.29) is 5.82 Å². The van der Waals surface area contributed by atoms with E-state index in [0.717, 1.165) is 15.7 Å². The lowest BCUT2D eigenvalue weighted by atomic mass is 10.1. The Kier molecular flexibility index (Phi) is 5.25. The van der Waals surface area contributed by atoms with E-state index in [2.05, 4.69) is 29.4 Å². The zero-order valence-corrected chi connectivity index (χ0v) is 13.7. The van der Waals surface area contributed by atoms with Gasteiger partial charge in [0.15, 0.2) is 0 Å². The molecule has 0 unspecified atom stereocenters. The van der Waals surface area contributed by atoms with Gasteiger partial charge >= 0.3 is 0 Å². The molecule has 1 heterocycles. The molecule has 0 atom stereocenters. The SMILES string of the molecule is CC(C)c1nnc(NCc2ccc(CN(C)C)c(F)c2)s1. The minimum Gasteiger partial charge on any atom is -0.356 e. The largest absolute Gasteiger partial charge is 0.356 e. The van der Waals surface area contributed by atoms with Crippen molar-refractivity contribution in [1.82, 2.24) is 15.1 Å². The molecule has 0 saturated heterocycles. The first kappa shape index (κ1) is 15.9. The highest BCUT2D eigenvalue weighted by Crippen LogP contribution is 2.23. The van der Waals surface area contributed by atoms with Crippen molar-refractivity contribution in [3.8, 4) is 0 Å². The summed E-state index contributed by atoms with van der Waals surface area (Å²) in [6, 6.07) is 5.36. The van der Waals surface area contributed by atoms with Crippen LogP contribution in [0.1, 0.15) is 35.9 Å². The Balaban J connectivity index is 1.98. The number of benzene rings is 1. The summed E-state index contributed by atoms with van der Waals surface area (Å²) in [5, 5.41) is 13.2. The van der Waals surface area contributed by atoms with E-state index < -0.39 is 0 Å². The second-order valence-corrected chi connectivity index (χ2v) is 6.63. The van der Waals surface area contributed by atoms with Crippen LogP contribution in [0, 0.1) is 5.82 Å². The number of rotatable bonds is 6. The molecule has 1 aromatic carbocycles. The fourth-order valence-corrected chi connectivity index (χ4v) is 2.63. The summed E-state index contributed by atoms with van der Waals surface area (Å²) in [6.45, 7) is 5.33. The van der Waals surface area contributed by atoms with Crippen molar-refractivity contribution < 1.29 is 4.39 Å². The predicted molar refractivity (Wildman–Crippen MR) is 85.1 cm³/mol. The van der Waals surface area contributed by atoms with E-state index in [1.54, 1.807) is 17.4 Å². The number of hydrogen-bond acceptors (Lipinski definition) is 5. The van der Waals surface area contributed by atoms with E-state index >= 15 is 0 Å².